The zero-order chi connectivity index (χ0) is 25.2. The summed E-state index contributed by atoms with van der Waals surface area (Å²) in [5, 5.41) is 12.4. The van der Waals surface area contributed by atoms with E-state index in [1.165, 1.54) is 6.08 Å². The highest BCUT2D eigenvalue weighted by atomic mass is 127. The summed E-state index contributed by atoms with van der Waals surface area (Å²) in [7, 11) is 1.60. The second kappa shape index (κ2) is 13.2. The van der Waals surface area contributed by atoms with Crippen molar-refractivity contribution in [2.45, 2.75) is 20.1 Å². The van der Waals surface area contributed by atoms with Crippen molar-refractivity contribution in [3.05, 3.63) is 91.0 Å². The van der Waals surface area contributed by atoms with Crippen molar-refractivity contribution in [3.63, 3.8) is 0 Å². The number of hydrogen-bond donors (Lipinski definition) is 1. The second-order valence-corrected chi connectivity index (χ2v) is 9.47. The zero-order valence-corrected chi connectivity index (χ0v) is 23.1. The summed E-state index contributed by atoms with van der Waals surface area (Å²) in [6.07, 6.45) is 1.53. The minimum Gasteiger partial charge on any atom is -0.497 e. The van der Waals surface area contributed by atoms with Crippen LogP contribution in [0.25, 0.3) is 6.08 Å². The van der Waals surface area contributed by atoms with E-state index >= 15 is 0 Å². The summed E-state index contributed by atoms with van der Waals surface area (Å²) in [6.45, 7) is 3.00. The first kappa shape index (κ1) is 26.6. The summed E-state index contributed by atoms with van der Waals surface area (Å²) >= 11 is 5.79. The monoisotopic (exact) mass is 646 g/mol. The number of carbonyl (C=O) groups excluding carboxylic acids is 1. The first-order valence-electron chi connectivity index (χ1n) is 10.8. The van der Waals surface area contributed by atoms with Crippen LogP contribution in [0.1, 0.15) is 23.6 Å². The SMILES string of the molecule is CCOc1cc(/C=C(/C#N)C(=O)NCc2ccc(OC)cc2)c(Br)cc1OCc1ccc(I)cc1. The van der Waals surface area contributed by atoms with Gasteiger partial charge in [-0.2, -0.15) is 5.26 Å². The Morgan fingerprint density at radius 1 is 1.06 bits per heavy atom. The molecule has 0 saturated heterocycles. The summed E-state index contributed by atoms with van der Waals surface area (Å²) < 4.78 is 18.7. The number of halogens is 2. The van der Waals surface area contributed by atoms with Crippen LogP contribution >= 0.6 is 38.5 Å². The van der Waals surface area contributed by atoms with E-state index in [2.05, 4.69) is 43.8 Å². The van der Waals surface area contributed by atoms with Gasteiger partial charge >= 0.3 is 0 Å². The Morgan fingerprint density at radius 3 is 2.34 bits per heavy atom. The second-order valence-electron chi connectivity index (χ2n) is 7.37. The van der Waals surface area contributed by atoms with Crippen molar-refractivity contribution in [1.29, 1.82) is 5.26 Å². The van der Waals surface area contributed by atoms with E-state index in [1.807, 2.05) is 61.5 Å². The van der Waals surface area contributed by atoms with Crippen LogP contribution in [-0.2, 0) is 17.9 Å². The van der Waals surface area contributed by atoms with Crippen LogP contribution in [0.5, 0.6) is 17.2 Å². The Kier molecular flexibility index (Phi) is 9.99. The Labute approximate surface area is 227 Å². The zero-order valence-electron chi connectivity index (χ0n) is 19.3. The highest BCUT2D eigenvalue weighted by Gasteiger charge is 2.14. The molecule has 3 aromatic rings. The third-order valence-corrected chi connectivity index (χ3v) is 6.35. The van der Waals surface area contributed by atoms with Gasteiger partial charge in [-0.05, 0) is 88.7 Å². The molecule has 0 saturated carbocycles. The van der Waals surface area contributed by atoms with Crippen molar-refractivity contribution in [2.75, 3.05) is 13.7 Å². The number of nitriles is 1. The minimum absolute atomic E-state index is 0.0192. The fourth-order valence-corrected chi connectivity index (χ4v) is 3.91. The molecule has 3 rings (SSSR count). The quantitative estimate of drug-likeness (QED) is 0.160. The van der Waals surface area contributed by atoms with E-state index in [0.717, 1.165) is 20.4 Å². The summed E-state index contributed by atoms with van der Waals surface area (Å²) in [5.74, 6) is 1.37. The van der Waals surface area contributed by atoms with E-state index in [1.54, 1.807) is 19.2 Å². The average molecular weight is 647 g/mol. The third kappa shape index (κ3) is 7.73. The number of rotatable bonds is 10. The maximum Gasteiger partial charge on any atom is 0.262 e. The van der Waals surface area contributed by atoms with E-state index in [4.69, 9.17) is 14.2 Å². The van der Waals surface area contributed by atoms with E-state index < -0.39 is 5.91 Å². The molecule has 0 radical (unpaired) electrons. The maximum absolute atomic E-state index is 12.6. The molecule has 0 bridgehead atoms. The van der Waals surface area contributed by atoms with Gasteiger partial charge in [-0.1, -0.05) is 40.2 Å². The molecular weight excluding hydrogens is 623 g/mol. The first-order valence-corrected chi connectivity index (χ1v) is 12.7. The maximum atomic E-state index is 12.6. The van der Waals surface area contributed by atoms with Gasteiger partial charge in [-0.25, -0.2) is 0 Å². The van der Waals surface area contributed by atoms with Crippen molar-refractivity contribution in [2.24, 2.45) is 0 Å². The predicted molar refractivity (Wildman–Crippen MR) is 147 cm³/mol. The molecule has 0 fully saturated rings. The molecule has 0 unspecified atom stereocenters. The van der Waals surface area contributed by atoms with Crippen molar-refractivity contribution < 1.29 is 19.0 Å². The Balaban J connectivity index is 1.75. The number of carbonyl (C=O) groups is 1. The molecular formula is C27H24BrIN2O4. The summed E-state index contributed by atoms with van der Waals surface area (Å²) in [6, 6.07) is 20.9. The largest absolute Gasteiger partial charge is 0.497 e. The fourth-order valence-electron chi connectivity index (χ4n) is 3.11. The van der Waals surface area contributed by atoms with Gasteiger partial charge in [0.05, 0.1) is 13.7 Å². The molecule has 0 heterocycles. The van der Waals surface area contributed by atoms with Crippen LogP contribution in [-0.4, -0.2) is 19.6 Å². The third-order valence-electron chi connectivity index (χ3n) is 4.95. The molecule has 180 valence electrons. The first-order chi connectivity index (χ1) is 16.9. The van der Waals surface area contributed by atoms with E-state index in [9.17, 15) is 10.1 Å². The molecule has 6 nitrogen and oxygen atoms in total. The van der Waals surface area contributed by atoms with E-state index in [0.29, 0.717) is 41.3 Å². The van der Waals surface area contributed by atoms with Gasteiger partial charge in [0.25, 0.3) is 5.91 Å². The van der Waals surface area contributed by atoms with Gasteiger partial charge in [0.2, 0.25) is 0 Å². The van der Waals surface area contributed by atoms with Gasteiger partial charge in [0, 0.05) is 14.6 Å². The van der Waals surface area contributed by atoms with E-state index in [-0.39, 0.29) is 5.57 Å². The Morgan fingerprint density at radius 2 is 1.71 bits per heavy atom. The van der Waals surface area contributed by atoms with Crippen molar-refractivity contribution in [3.8, 4) is 23.3 Å². The van der Waals surface area contributed by atoms with Gasteiger partial charge in [0.1, 0.15) is 24.0 Å². The lowest BCUT2D eigenvalue weighted by molar-refractivity contribution is -0.117. The number of nitrogens with zero attached hydrogens (tertiary/aromatic N) is 1. The van der Waals surface area contributed by atoms with Crippen LogP contribution in [0.4, 0.5) is 0 Å². The van der Waals surface area contributed by atoms with Gasteiger partial charge in [-0.3, -0.25) is 4.79 Å². The smallest absolute Gasteiger partial charge is 0.262 e. The Bertz CT molecular complexity index is 1240. The predicted octanol–water partition coefficient (Wildman–Crippen LogP) is 6.26. The number of benzene rings is 3. The highest BCUT2D eigenvalue weighted by Crippen LogP contribution is 2.35. The van der Waals surface area contributed by atoms with Gasteiger partial charge in [0.15, 0.2) is 11.5 Å². The topological polar surface area (TPSA) is 80.6 Å². The van der Waals surface area contributed by atoms with Crippen LogP contribution in [0.15, 0.2) is 70.7 Å². The molecule has 3 aromatic carbocycles. The number of nitrogens with one attached hydrogen (secondary N) is 1. The number of hydrogen-bond acceptors (Lipinski definition) is 5. The molecule has 0 atom stereocenters. The van der Waals surface area contributed by atoms with Crippen LogP contribution in [0.3, 0.4) is 0 Å². The number of amides is 1. The number of methoxy groups -OCH3 is 1. The lowest BCUT2D eigenvalue weighted by Gasteiger charge is -2.14. The van der Waals surface area contributed by atoms with Crippen LogP contribution in [0, 0.1) is 14.9 Å². The highest BCUT2D eigenvalue weighted by molar-refractivity contribution is 14.1. The molecule has 1 N–H and O–H groups in total. The van der Waals surface area contributed by atoms with Gasteiger partial charge < -0.3 is 19.5 Å². The molecule has 8 heteroatoms. The van der Waals surface area contributed by atoms with Crippen LogP contribution < -0.4 is 19.5 Å². The molecule has 0 aromatic heterocycles. The van der Waals surface area contributed by atoms with Crippen molar-refractivity contribution in [1.82, 2.24) is 5.32 Å². The summed E-state index contributed by atoms with van der Waals surface area (Å²) in [4.78, 5) is 12.6. The molecule has 35 heavy (non-hydrogen) atoms. The summed E-state index contributed by atoms with van der Waals surface area (Å²) in [5.41, 5.74) is 2.54. The lowest BCUT2D eigenvalue weighted by Crippen LogP contribution is -2.23. The van der Waals surface area contributed by atoms with Crippen LogP contribution in [0.2, 0.25) is 0 Å². The normalized spacial score (nSPS) is 10.9. The average Bonchev–Trinajstić information content (AvgIpc) is 2.87. The molecule has 0 aliphatic heterocycles. The fraction of sp³-hybridized carbons (Fsp3) is 0.185. The number of ether oxygens (including phenoxy) is 3. The lowest BCUT2D eigenvalue weighted by atomic mass is 10.1. The Hall–Kier alpha value is -3.03. The standard InChI is InChI=1S/C27H24BrIN2O4/c1-3-34-25-13-20(24(28)14-26(25)35-17-19-4-8-22(29)9-5-19)12-21(15-30)27(32)31-16-18-6-10-23(33-2)11-7-18/h4-14H,3,16-17H2,1-2H3,(H,31,32)/b21-12-. The molecule has 1 amide bonds. The molecule has 0 aliphatic carbocycles. The molecule has 0 spiro atoms. The van der Waals surface area contributed by atoms with Crippen molar-refractivity contribution >= 4 is 50.5 Å². The van der Waals surface area contributed by atoms with Gasteiger partial charge in [-0.15, -0.1) is 0 Å². The molecule has 0 aliphatic rings. The minimum atomic E-state index is -0.466.